The summed E-state index contributed by atoms with van der Waals surface area (Å²) < 4.78 is 41.1. The summed E-state index contributed by atoms with van der Waals surface area (Å²) in [6, 6.07) is 6.60. The van der Waals surface area contributed by atoms with Crippen LogP contribution < -0.4 is 11.1 Å². The maximum Gasteiger partial charge on any atom is 0.416 e. The molecule has 1 amide bonds. The predicted octanol–water partition coefficient (Wildman–Crippen LogP) is 4.83. The summed E-state index contributed by atoms with van der Waals surface area (Å²) in [6.45, 7) is 3.11. The maximum atomic E-state index is 13.0. The van der Waals surface area contributed by atoms with Crippen molar-refractivity contribution in [2.75, 3.05) is 6.54 Å². The molecule has 0 radical (unpaired) electrons. The number of carbonyl (C=O) groups is 1. The molecule has 0 saturated carbocycles. The van der Waals surface area contributed by atoms with Gasteiger partial charge in [-0.2, -0.15) is 18.3 Å². The average Bonchev–Trinajstić information content (AvgIpc) is 3.33. The van der Waals surface area contributed by atoms with Gasteiger partial charge < -0.3 is 11.1 Å². The molecule has 2 aromatic heterocycles. The Morgan fingerprint density at radius 2 is 2.15 bits per heavy atom. The van der Waals surface area contributed by atoms with Crippen LogP contribution >= 0.6 is 11.3 Å². The van der Waals surface area contributed by atoms with Crippen LogP contribution in [0.4, 0.5) is 13.2 Å². The standard InChI is InChI=1S/C24H27F3N4OS/c1-2-5-16-14-29-31-9-4-8-20-19(22(16)31)12-21(33-20)23(32)30-18(13-28)11-15-6-3-7-17(10-15)24(25,26)27/h3,6-7,10,12,14,18H,2,4-5,8-9,11,13,28H2,1H3,(H,30,32). The third-order valence-corrected chi connectivity index (χ3v) is 7.05. The lowest BCUT2D eigenvalue weighted by Crippen LogP contribution is -2.41. The smallest absolute Gasteiger partial charge is 0.347 e. The number of amides is 1. The molecule has 0 spiro atoms. The van der Waals surface area contributed by atoms with Crippen molar-refractivity contribution in [2.45, 2.75) is 57.8 Å². The van der Waals surface area contributed by atoms with Crippen LogP contribution in [0.25, 0.3) is 11.3 Å². The number of nitrogens with two attached hydrogens (primary N) is 1. The van der Waals surface area contributed by atoms with Gasteiger partial charge in [0.1, 0.15) is 0 Å². The second-order valence-electron chi connectivity index (χ2n) is 8.35. The largest absolute Gasteiger partial charge is 0.416 e. The Kier molecular flexibility index (Phi) is 6.90. The lowest BCUT2D eigenvalue weighted by atomic mass is 10.0. The Morgan fingerprint density at radius 3 is 2.88 bits per heavy atom. The highest BCUT2D eigenvalue weighted by Gasteiger charge is 2.30. The molecule has 4 rings (SSSR count). The Morgan fingerprint density at radius 1 is 1.33 bits per heavy atom. The molecule has 3 heterocycles. The molecule has 9 heteroatoms. The van der Waals surface area contributed by atoms with Crippen molar-refractivity contribution < 1.29 is 18.0 Å². The number of nitrogens with zero attached hydrogens (tertiary/aromatic N) is 2. The first-order valence-electron chi connectivity index (χ1n) is 11.1. The fraction of sp³-hybridized carbons (Fsp3) is 0.417. The number of carbonyl (C=O) groups excluding carboxylic acids is 1. The summed E-state index contributed by atoms with van der Waals surface area (Å²) >= 11 is 1.47. The lowest BCUT2D eigenvalue weighted by Gasteiger charge is -2.17. The summed E-state index contributed by atoms with van der Waals surface area (Å²) in [4.78, 5) is 14.8. The fourth-order valence-corrected chi connectivity index (χ4v) is 5.39. The number of hydrogen-bond donors (Lipinski definition) is 2. The molecule has 33 heavy (non-hydrogen) atoms. The van der Waals surface area contributed by atoms with Crippen molar-refractivity contribution in [3.05, 3.63) is 63.0 Å². The van der Waals surface area contributed by atoms with E-state index in [-0.39, 0.29) is 18.9 Å². The van der Waals surface area contributed by atoms with Gasteiger partial charge >= 0.3 is 6.18 Å². The number of hydrogen-bond acceptors (Lipinski definition) is 4. The van der Waals surface area contributed by atoms with Gasteiger partial charge in [0.05, 0.1) is 22.3 Å². The molecule has 0 aliphatic carbocycles. The van der Waals surface area contributed by atoms with Crippen LogP contribution in [-0.4, -0.2) is 28.3 Å². The second-order valence-corrected chi connectivity index (χ2v) is 9.49. The van der Waals surface area contributed by atoms with Gasteiger partial charge in [0.25, 0.3) is 5.91 Å². The summed E-state index contributed by atoms with van der Waals surface area (Å²) in [6.07, 6.45) is 1.52. The summed E-state index contributed by atoms with van der Waals surface area (Å²) in [5, 5.41) is 7.46. The van der Waals surface area contributed by atoms with Crippen LogP contribution in [0.3, 0.4) is 0 Å². The van der Waals surface area contributed by atoms with E-state index in [0.29, 0.717) is 10.4 Å². The number of fused-ring (bicyclic) bond motifs is 3. The number of halogens is 3. The molecule has 1 aliphatic rings. The fourth-order valence-electron chi connectivity index (χ4n) is 4.28. The van der Waals surface area contributed by atoms with Crippen LogP contribution in [0.15, 0.2) is 36.5 Å². The van der Waals surface area contributed by atoms with Gasteiger partial charge in [-0.05, 0) is 48.9 Å². The number of rotatable bonds is 7. The summed E-state index contributed by atoms with van der Waals surface area (Å²) in [5.74, 6) is -0.251. The molecule has 0 saturated heterocycles. The third kappa shape index (κ3) is 5.14. The van der Waals surface area contributed by atoms with Crippen LogP contribution in [0.2, 0.25) is 0 Å². The Hall–Kier alpha value is -2.65. The van der Waals surface area contributed by atoms with E-state index in [1.54, 1.807) is 6.07 Å². The molecule has 1 aliphatic heterocycles. The highest BCUT2D eigenvalue weighted by atomic mass is 32.1. The van der Waals surface area contributed by atoms with E-state index in [1.807, 2.05) is 16.9 Å². The van der Waals surface area contributed by atoms with Crippen LogP contribution in [0.5, 0.6) is 0 Å². The molecular weight excluding hydrogens is 449 g/mol. The van der Waals surface area contributed by atoms with Crippen LogP contribution in [0.1, 0.15) is 51.0 Å². The molecular formula is C24H27F3N4OS. The number of aromatic nitrogens is 2. The zero-order valence-corrected chi connectivity index (χ0v) is 19.2. The SMILES string of the molecule is CCCc1cnn2c1-c1cc(C(=O)NC(CN)Cc3cccc(C(F)(F)F)c3)sc1CCC2. The Labute approximate surface area is 194 Å². The minimum Gasteiger partial charge on any atom is -0.347 e. The highest BCUT2D eigenvalue weighted by molar-refractivity contribution is 7.14. The molecule has 3 aromatic rings. The Balaban J connectivity index is 1.53. The van der Waals surface area contributed by atoms with E-state index in [9.17, 15) is 18.0 Å². The van der Waals surface area contributed by atoms with Gasteiger partial charge in [-0.15, -0.1) is 11.3 Å². The molecule has 0 fully saturated rings. The van der Waals surface area contributed by atoms with Gasteiger partial charge in [0.2, 0.25) is 0 Å². The van der Waals surface area contributed by atoms with E-state index >= 15 is 0 Å². The average molecular weight is 477 g/mol. The Bertz CT molecular complexity index is 1140. The van der Waals surface area contributed by atoms with E-state index in [0.717, 1.165) is 55.6 Å². The first-order chi connectivity index (χ1) is 15.8. The van der Waals surface area contributed by atoms with Crippen molar-refractivity contribution >= 4 is 17.2 Å². The molecule has 0 bridgehead atoms. The maximum absolute atomic E-state index is 13.0. The van der Waals surface area contributed by atoms with E-state index in [4.69, 9.17) is 5.73 Å². The van der Waals surface area contributed by atoms with E-state index < -0.39 is 17.8 Å². The van der Waals surface area contributed by atoms with Crippen molar-refractivity contribution in [3.63, 3.8) is 0 Å². The van der Waals surface area contributed by atoms with Gasteiger partial charge in [-0.1, -0.05) is 31.5 Å². The summed E-state index contributed by atoms with van der Waals surface area (Å²) in [7, 11) is 0. The summed E-state index contributed by atoms with van der Waals surface area (Å²) in [5.41, 5.74) is 8.97. The molecule has 1 atom stereocenters. The first kappa shape index (κ1) is 23.5. The monoisotopic (exact) mass is 476 g/mol. The molecule has 5 nitrogen and oxygen atoms in total. The zero-order chi connectivity index (χ0) is 23.6. The van der Waals surface area contributed by atoms with Gasteiger partial charge in [0, 0.05) is 29.6 Å². The quantitative estimate of drug-likeness (QED) is 0.513. The van der Waals surface area contributed by atoms with Crippen LogP contribution in [0, 0.1) is 0 Å². The third-order valence-electron chi connectivity index (χ3n) is 5.85. The number of benzene rings is 1. The van der Waals surface area contributed by atoms with Crippen molar-refractivity contribution in [1.82, 2.24) is 15.1 Å². The van der Waals surface area contributed by atoms with E-state index in [2.05, 4.69) is 17.3 Å². The normalized spacial score (nSPS) is 14.3. The van der Waals surface area contributed by atoms with Crippen LogP contribution in [-0.2, 0) is 32.0 Å². The minimum absolute atomic E-state index is 0.125. The topological polar surface area (TPSA) is 72.9 Å². The number of aryl methyl sites for hydroxylation is 3. The molecule has 176 valence electrons. The second kappa shape index (κ2) is 9.69. The van der Waals surface area contributed by atoms with Gasteiger partial charge in [0.15, 0.2) is 0 Å². The molecule has 1 aromatic carbocycles. The van der Waals surface area contributed by atoms with Crippen molar-refractivity contribution in [2.24, 2.45) is 5.73 Å². The lowest BCUT2D eigenvalue weighted by molar-refractivity contribution is -0.137. The van der Waals surface area contributed by atoms with Gasteiger partial charge in [-0.25, -0.2) is 0 Å². The van der Waals surface area contributed by atoms with Gasteiger partial charge in [-0.3, -0.25) is 9.48 Å². The van der Waals surface area contributed by atoms with Crippen molar-refractivity contribution in [3.8, 4) is 11.3 Å². The minimum atomic E-state index is -4.41. The number of alkyl halides is 3. The number of thiophene rings is 1. The van der Waals surface area contributed by atoms with E-state index in [1.165, 1.54) is 27.8 Å². The first-order valence-corrected chi connectivity index (χ1v) is 12.0. The molecule has 1 unspecified atom stereocenters. The predicted molar refractivity (Wildman–Crippen MR) is 123 cm³/mol. The van der Waals surface area contributed by atoms with Crippen molar-refractivity contribution in [1.29, 1.82) is 0 Å². The number of nitrogens with one attached hydrogen (secondary N) is 1. The zero-order valence-electron chi connectivity index (χ0n) is 18.4. The molecule has 3 N–H and O–H groups in total. The highest BCUT2D eigenvalue weighted by Crippen LogP contribution is 2.37.